The lowest BCUT2D eigenvalue weighted by atomic mass is 10.0. The van der Waals surface area contributed by atoms with Crippen LogP contribution in [0.3, 0.4) is 0 Å². The van der Waals surface area contributed by atoms with Crippen molar-refractivity contribution in [3.8, 4) is 0 Å². The standard InChI is InChI=1S/C5H8O6P2/c6-12-9-3-5(4-10-12)1-2-8-13(7)11-5/h1-4H2/q+2. The lowest BCUT2D eigenvalue weighted by molar-refractivity contribution is -0.0810. The Balaban J connectivity index is 2.03. The van der Waals surface area contributed by atoms with Gasteiger partial charge >= 0.3 is 16.5 Å². The molecule has 2 heterocycles. The third-order valence-electron chi connectivity index (χ3n) is 1.89. The zero-order chi connectivity index (χ0) is 9.31. The summed E-state index contributed by atoms with van der Waals surface area (Å²) < 4.78 is 41.1. The van der Waals surface area contributed by atoms with Gasteiger partial charge in [-0.2, -0.15) is 0 Å². The van der Waals surface area contributed by atoms with Gasteiger partial charge in [0.1, 0.15) is 19.8 Å². The molecule has 2 aliphatic heterocycles. The lowest BCUT2D eigenvalue weighted by Gasteiger charge is -2.26. The minimum Gasteiger partial charge on any atom is -0.119 e. The van der Waals surface area contributed by atoms with Crippen molar-refractivity contribution >= 4 is 16.5 Å². The second kappa shape index (κ2) is 3.65. The van der Waals surface area contributed by atoms with E-state index in [-0.39, 0.29) is 13.2 Å². The lowest BCUT2D eigenvalue weighted by Crippen LogP contribution is -2.45. The van der Waals surface area contributed by atoms with Crippen LogP contribution in [0.5, 0.6) is 0 Å². The predicted octanol–water partition coefficient (Wildman–Crippen LogP) is 1.52. The molecule has 8 heteroatoms. The zero-order valence-corrected chi connectivity index (χ0v) is 8.46. The van der Waals surface area contributed by atoms with E-state index in [2.05, 4.69) is 0 Å². The molecule has 2 saturated heterocycles. The summed E-state index contributed by atoms with van der Waals surface area (Å²) in [5.41, 5.74) is -0.727. The minimum atomic E-state index is -2.08. The first kappa shape index (κ1) is 9.59. The molecule has 13 heavy (non-hydrogen) atoms. The van der Waals surface area contributed by atoms with Gasteiger partial charge in [0.05, 0.1) is 0 Å². The number of rotatable bonds is 0. The van der Waals surface area contributed by atoms with Crippen LogP contribution in [-0.4, -0.2) is 25.4 Å². The molecule has 2 fully saturated rings. The van der Waals surface area contributed by atoms with Gasteiger partial charge < -0.3 is 0 Å². The van der Waals surface area contributed by atoms with Crippen LogP contribution >= 0.6 is 16.5 Å². The quantitative estimate of drug-likeness (QED) is 0.583. The first-order valence-corrected chi connectivity index (χ1v) is 5.92. The van der Waals surface area contributed by atoms with Crippen molar-refractivity contribution in [3.05, 3.63) is 0 Å². The molecule has 1 atom stereocenters. The van der Waals surface area contributed by atoms with Gasteiger partial charge in [-0.05, 0) is 0 Å². The molecule has 0 N–H and O–H groups in total. The average molecular weight is 226 g/mol. The van der Waals surface area contributed by atoms with Crippen LogP contribution in [0.1, 0.15) is 6.42 Å². The molecule has 0 amide bonds. The van der Waals surface area contributed by atoms with Crippen molar-refractivity contribution in [2.24, 2.45) is 0 Å². The van der Waals surface area contributed by atoms with E-state index in [0.717, 1.165) is 0 Å². The molecule has 6 nitrogen and oxygen atoms in total. The van der Waals surface area contributed by atoms with Gasteiger partial charge in [0.25, 0.3) is 0 Å². The molecular formula is C5H8O6P2+2. The molecule has 0 aliphatic carbocycles. The van der Waals surface area contributed by atoms with E-state index in [1.165, 1.54) is 0 Å². The molecule has 2 rings (SSSR count). The molecule has 0 saturated carbocycles. The minimum absolute atomic E-state index is 0.145. The van der Waals surface area contributed by atoms with Gasteiger partial charge in [-0.3, -0.25) is 0 Å². The summed E-state index contributed by atoms with van der Waals surface area (Å²) in [7, 11) is -4.10. The van der Waals surface area contributed by atoms with Gasteiger partial charge in [0.15, 0.2) is 5.60 Å². The molecular weight excluding hydrogens is 218 g/mol. The van der Waals surface area contributed by atoms with E-state index in [1.54, 1.807) is 0 Å². The van der Waals surface area contributed by atoms with Crippen LogP contribution < -0.4 is 0 Å². The summed E-state index contributed by atoms with van der Waals surface area (Å²) in [6.07, 6.45) is 0.539. The Labute approximate surface area is 76.4 Å². The van der Waals surface area contributed by atoms with E-state index in [4.69, 9.17) is 18.1 Å². The van der Waals surface area contributed by atoms with E-state index in [0.29, 0.717) is 13.0 Å². The fourth-order valence-electron chi connectivity index (χ4n) is 1.15. The molecule has 0 aromatic rings. The first-order valence-electron chi connectivity index (χ1n) is 3.73. The van der Waals surface area contributed by atoms with Crippen molar-refractivity contribution in [2.75, 3.05) is 19.8 Å². The van der Waals surface area contributed by atoms with Gasteiger partial charge in [-0.25, -0.2) is 0 Å². The van der Waals surface area contributed by atoms with Crippen LogP contribution in [0, 0.1) is 0 Å². The zero-order valence-electron chi connectivity index (χ0n) is 6.67. The summed E-state index contributed by atoms with van der Waals surface area (Å²) in [5.74, 6) is 0. The smallest absolute Gasteiger partial charge is 0.119 e. The molecule has 0 radical (unpaired) electrons. The van der Waals surface area contributed by atoms with Crippen LogP contribution in [0.15, 0.2) is 0 Å². The molecule has 0 aromatic carbocycles. The average Bonchev–Trinajstić information content (AvgIpc) is 2.11. The summed E-state index contributed by atoms with van der Waals surface area (Å²) >= 11 is 0. The second-order valence-corrected chi connectivity index (χ2v) is 4.70. The SMILES string of the molecule is O=[P+]1OCC2(CCO[P+](=O)O2)CO1. The fraction of sp³-hybridized carbons (Fsp3) is 1.00. The van der Waals surface area contributed by atoms with Crippen LogP contribution in [-0.2, 0) is 27.2 Å². The van der Waals surface area contributed by atoms with Crippen molar-refractivity contribution in [1.82, 2.24) is 0 Å². The van der Waals surface area contributed by atoms with Crippen LogP contribution in [0.25, 0.3) is 0 Å². The Morgan fingerprint density at radius 1 is 1.00 bits per heavy atom. The monoisotopic (exact) mass is 226 g/mol. The van der Waals surface area contributed by atoms with Gasteiger partial charge in [-0.15, -0.1) is 18.1 Å². The maximum atomic E-state index is 10.9. The second-order valence-electron chi connectivity index (χ2n) is 2.85. The Kier molecular flexibility index (Phi) is 2.70. The van der Waals surface area contributed by atoms with Gasteiger partial charge in [0.2, 0.25) is 0 Å². The third kappa shape index (κ3) is 2.10. The largest absolute Gasteiger partial charge is 0.698 e. The topological polar surface area (TPSA) is 71.1 Å². The number of hydrogen-bond donors (Lipinski definition) is 0. The highest BCUT2D eigenvalue weighted by Gasteiger charge is 2.54. The highest BCUT2D eigenvalue weighted by Crippen LogP contribution is 2.44. The van der Waals surface area contributed by atoms with Gasteiger partial charge in [-0.1, -0.05) is 0 Å². The molecule has 72 valence electrons. The van der Waals surface area contributed by atoms with E-state index < -0.39 is 22.1 Å². The van der Waals surface area contributed by atoms with E-state index >= 15 is 0 Å². The van der Waals surface area contributed by atoms with Crippen molar-refractivity contribution in [2.45, 2.75) is 12.0 Å². The maximum Gasteiger partial charge on any atom is 0.698 e. The Bertz CT molecular complexity index is 243. The Hall–Kier alpha value is 0.0400. The Morgan fingerprint density at radius 3 is 2.31 bits per heavy atom. The third-order valence-corrected chi connectivity index (χ3v) is 3.50. The fourth-order valence-corrected chi connectivity index (χ4v) is 2.71. The molecule has 0 bridgehead atoms. The molecule has 2 aliphatic rings. The normalized spacial score (nSPS) is 40.9. The van der Waals surface area contributed by atoms with E-state index in [1.807, 2.05) is 0 Å². The number of hydrogen-bond acceptors (Lipinski definition) is 6. The molecule has 0 aromatic heterocycles. The van der Waals surface area contributed by atoms with Crippen LogP contribution in [0.4, 0.5) is 0 Å². The van der Waals surface area contributed by atoms with E-state index in [9.17, 15) is 9.13 Å². The highest BCUT2D eigenvalue weighted by atomic mass is 31.1. The molecule has 1 unspecified atom stereocenters. The highest BCUT2D eigenvalue weighted by molar-refractivity contribution is 7.33. The van der Waals surface area contributed by atoms with Crippen LogP contribution in [0.2, 0.25) is 0 Å². The van der Waals surface area contributed by atoms with Gasteiger partial charge in [0, 0.05) is 15.6 Å². The maximum absolute atomic E-state index is 10.9. The van der Waals surface area contributed by atoms with Crippen molar-refractivity contribution in [3.63, 3.8) is 0 Å². The van der Waals surface area contributed by atoms with Crippen molar-refractivity contribution < 1.29 is 27.2 Å². The predicted molar refractivity (Wildman–Crippen MR) is 41.5 cm³/mol. The summed E-state index contributed by atoms with van der Waals surface area (Å²) in [6, 6.07) is 0. The summed E-state index contributed by atoms with van der Waals surface area (Å²) in [6.45, 7) is 0.637. The van der Waals surface area contributed by atoms with Crippen molar-refractivity contribution in [1.29, 1.82) is 0 Å². The summed E-state index contributed by atoms with van der Waals surface area (Å²) in [4.78, 5) is 0. The first-order chi connectivity index (χ1) is 6.20. The Morgan fingerprint density at radius 2 is 1.69 bits per heavy atom. The molecule has 1 spiro atoms. The summed E-state index contributed by atoms with van der Waals surface area (Å²) in [5, 5.41) is 0.